The van der Waals surface area contributed by atoms with Crippen molar-refractivity contribution in [3.63, 3.8) is 0 Å². The molecule has 0 spiro atoms. The summed E-state index contributed by atoms with van der Waals surface area (Å²) in [5.74, 6) is 0. The molecule has 228 valence electrons. The van der Waals surface area contributed by atoms with Gasteiger partial charge in [-0.2, -0.15) is 0 Å². The third-order valence-electron chi connectivity index (χ3n) is 9.66. The van der Waals surface area contributed by atoms with E-state index in [1.54, 1.807) is 0 Å². The van der Waals surface area contributed by atoms with Crippen LogP contribution in [0.5, 0.6) is 0 Å². The molecule has 1 fully saturated rings. The van der Waals surface area contributed by atoms with Crippen molar-refractivity contribution in [2.45, 2.75) is 94.3 Å². The second-order valence-corrected chi connectivity index (χ2v) is 13.9. The largest absolute Gasteiger partial charge is 0.598 e. The Morgan fingerprint density at radius 3 is 1.59 bits per heavy atom. The molecule has 0 N–H and O–H groups in total. The number of hydrogen-bond donors (Lipinski definition) is 0. The number of hydrogen-bond acceptors (Lipinski definition) is 4. The zero-order valence-corrected chi connectivity index (χ0v) is 28.8. The summed E-state index contributed by atoms with van der Waals surface area (Å²) in [6.07, 6.45) is 10.9. The number of allylic oxidation sites excluding steroid dienone is 3. The maximum Gasteiger partial charge on any atom is 0.598 e. The normalized spacial score (nSPS) is 18.0. The van der Waals surface area contributed by atoms with Gasteiger partial charge < -0.3 is 18.9 Å². The fourth-order valence-corrected chi connectivity index (χ4v) is 6.99. The van der Waals surface area contributed by atoms with Crippen molar-refractivity contribution in [3.05, 3.63) is 123 Å². The molecule has 44 heavy (non-hydrogen) atoms. The highest BCUT2D eigenvalue weighted by Gasteiger charge is 2.54. The van der Waals surface area contributed by atoms with E-state index in [4.69, 9.17) is 9.31 Å². The Kier molecular flexibility index (Phi) is 8.56. The average molecular weight is 586 g/mol. The van der Waals surface area contributed by atoms with Crippen molar-refractivity contribution in [1.82, 2.24) is 4.81 Å². The van der Waals surface area contributed by atoms with Crippen molar-refractivity contribution in [2.75, 3.05) is 4.81 Å². The third kappa shape index (κ3) is 5.82. The van der Waals surface area contributed by atoms with Crippen molar-refractivity contribution in [1.29, 1.82) is 0 Å². The molecule has 4 nitrogen and oxygen atoms in total. The fraction of sp³-hybridized carbons (Fsp3) is 0.368. The predicted octanol–water partition coefficient (Wildman–Crippen LogP) is 7.58. The van der Waals surface area contributed by atoms with Gasteiger partial charge in [0, 0.05) is 17.6 Å². The Balaban J connectivity index is 1.75. The van der Waals surface area contributed by atoms with Crippen LogP contribution < -0.4 is 15.7 Å². The van der Waals surface area contributed by atoms with Gasteiger partial charge in [0.25, 0.3) is 0 Å². The van der Waals surface area contributed by atoms with Gasteiger partial charge in [-0.15, -0.1) is 0 Å². The molecule has 0 aromatic heterocycles. The molecular formula is C38H48B2N2O2. The quantitative estimate of drug-likeness (QED) is 0.278. The molecule has 2 aliphatic heterocycles. The topological polar surface area (TPSA) is 24.9 Å². The van der Waals surface area contributed by atoms with Crippen LogP contribution in [-0.4, -0.2) is 30.1 Å². The Morgan fingerprint density at radius 1 is 0.682 bits per heavy atom. The summed E-state index contributed by atoms with van der Waals surface area (Å²) in [4.78, 5) is 4.63. The summed E-state index contributed by atoms with van der Waals surface area (Å²) in [6, 6.07) is 15.7. The van der Waals surface area contributed by atoms with E-state index < -0.39 is 18.5 Å². The van der Waals surface area contributed by atoms with E-state index in [-0.39, 0.29) is 6.85 Å². The van der Waals surface area contributed by atoms with Crippen molar-refractivity contribution < 1.29 is 9.31 Å². The summed E-state index contributed by atoms with van der Waals surface area (Å²) >= 11 is 0. The Labute approximate surface area is 266 Å². The number of aryl methyl sites for hydroxylation is 8. The fourth-order valence-electron chi connectivity index (χ4n) is 6.99. The second-order valence-electron chi connectivity index (χ2n) is 13.9. The summed E-state index contributed by atoms with van der Waals surface area (Å²) in [6.45, 7) is 26.1. The van der Waals surface area contributed by atoms with Gasteiger partial charge in [0.05, 0.1) is 11.2 Å². The van der Waals surface area contributed by atoms with Gasteiger partial charge in [-0.1, -0.05) is 81.9 Å². The van der Waals surface area contributed by atoms with Crippen LogP contribution >= 0.6 is 0 Å². The van der Waals surface area contributed by atoms with Gasteiger partial charge in [0.1, 0.15) is 0 Å². The first-order valence-electron chi connectivity index (χ1n) is 15.8. The van der Waals surface area contributed by atoms with Crippen LogP contribution in [-0.2, 0) is 9.31 Å². The number of anilines is 1. The van der Waals surface area contributed by atoms with E-state index in [2.05, 4.69) is 166 Å². The number of para-hydroxylation sites is 1. The molecule has 2 aliphatic rings. The van der Waals surface area contributed by atoms with Gasteiger partial charge in [-0.3, -0.25) is 0 Å². The molecule has 6 heteroatoms. The molecule has 0 radical (unpaired) electrons. The molecular weight excluding hydrogens is 538 g/mol. The van der Waals surface area contributed by atoms with Crippen LogP contribution in [0.2, 0.25) is 0 Å². The summed E-state index contributed by atoms with van der Waals surface area (Å²) in [5, 5.41) is 0. The van der Waals surface area contributed by atoms with Gasteiger partial charge >= 0.3 is 14.1 Å². The predicted molar refractivity (Wildman–Crippen MR) is 189 cm³/mol. The minimum Gasteiger partial charge on any atom is -0.384 e. The zero-order chi connectivity index (χ0) is 32.1. The lowest BCUT2D eigenvalue weighted by Crippen LogP contribution is -2.57. The molecule has 5 rings (SSSR count). The number of benzene rings is 3. The molecule has 1 saturated heterocycles. The van der Waals surface area contributed by atoms with E-state index in [1.165, 1.54) is 55.4 Å². The van der Waals surface area contributed by atoms with Crippen LogP contribution in [0, 0.1) is 55.4 Å². The van der Waals surface area contributed by atoms with Crippen molar-refractivity contribution in [2.24, 2.45) is 0 Å². The first-order valence-corrected chi connectivity index (χ1v) is 15.8. The maximum absolute atomic E-state index is 6.70. The van der Waals surface area contributed by atoms with E-state index in [0.717, 1.165) is 11.4 Å². The minimum absolute atomic E-state index is 0.0261. The van der Waals surface area contributed by atoms with E-state index in [1.807, 2.05) is 0 Å². The Bertz CT molecular complexity index is 1540. The molecule has 0 saturated carbocycles. The molecule has 0 atom stereocenters. The van der Waals surface area contributed by atoms with E-state index >= 15 is 0 Å². The Hall–Kier alpha value is -3.47. The van der Waals surface area contributed by atoms with E-state index in [9.17, 15) is 0 Å². The molecule has 3 aromatic rings. The summed E-state index contributed by atoms with van der Waals surface area (Å²) in [7, 11) is -0.586. The molecule has 3 aromatic carbocycles. The number of rotatable bonds is 6. The highest BCUT2D eigenvalue weighted by molar-refractivity contribution is 6.84. The van der Waals surface area contributed by atoms with Crippen molar-refractivity contribution in [3.8, 4) is 0 Å². The Morgan fingerprint density at radius 2 is 1.14 bits per heavy atom. The first kappa shape index (κ1) is 31.9. The lowest BCUT2D eigenvalue weighted by molar-refractivity contribution is 0.00578. The number of nitrogens with zero attached hydrogens (tertiary/aromatic N) is 2. The smallest absolute Gasteiger partial charge is 0.384 e. The lowest BCUT2D eigenvalue weighted by atomic mass is 9.45. The van der Waals surface area contributed by atoms with Crippen LogP contribution in [0.1, 0.15) is 72.2 Å². The lowest BCUT2D eigenvalue weighted by Gasteiger charge is -2.36. The van der Waals surface area contributed by atoms with Crippen LogP contribution in [0.25, 0.3) is 0 Å². The average Bonchev–Trinajstić information content (AvgIpc) is 3.12. The zero-order valence-electron chi connectivity index (χ0n) is 28.8. The molecule has 0 bridgehead atoms. The minimum atomic E-state index is -0.586. The highest BCUT2D eigenvalue weighted by atomic mass is 16.7. The molecule has 2 heterocycles. The van der Waals surface area contributed by atoms with Crippen molar-refractivity contribution >= 4 is 30.7 Å². The highest BCUT2D eigenvalue weighted by Crippen LogP contribution is 2.40. The third-order valence-corrected chi connectivity index (χ3v) is 9.66. The van der Waals surface area contributed by atoms with Crippen LogP contribution in [0.4, 0.5) is 5.69 Å². The first-order chi connectivity index (χ1) is 20.6. The van der Waals surface area contributed by atoms with Gasteiger partial charge in [-0.25, -0.2) is 0 Å². The SMILES string of the molecule is Cc1cc(C)c(B(c2c(C)cc(C)cc2C)N2C=CC=C/C2=C\N(B2OC(C)(C)C(C)(C)O2)c2c(C)cccc2C)c(C)c1. The summed E-state index contributed by atoms with van der Waals surface area (Å²) in [5.41, 5.74) is 14.0. The van der Waals surface area contributed by atoms with Gasteiger partial charge in [0.15, 0.2) is 0 Å². The van der Waals surface area contributed by atoms with Gasteiger partial charge in [-0.05, 0) is 123 Å². The van der Waals surface area contributed by atoms with Crippen LogP contribution in [0.15, 0.2) is 78.8 Å². The second kappa shape index (κ2) is 11.8. The molecule has 0 amide bonds. The monoisotopic (exact) mass is 586 g/mol. The molecule has 0 unspecified atom stereocenters. The van der Waals surface area contributed by atoms with Crippen LogP contribution in [0.3, 0.4) is 0 Å². The van der Waals surface area contributed by atoms with E-state index in [0.29, 0.717) is 0 Å². The summed E-state index contributed by atoms with van der Waals surface area (Å²) < 4.78 is 13.4. The van der Waals surface area contributed by atoms with Gasteiger partial charge in [0.2, 0.25) is 0 Å². The molecule has 0 aliphatic carbocycles. The standard InChI is InChI=1S/C38H48B2N2O2/c1-25-20-29(5)34(30(6)21-25)39(35-31(7)22-26(2)23-32(35)8)41-19-14-13-18-33(41)24-42(36-27(3)16-15-17-28(36)4)40-43-37(9,10)38(11,12)44-40/h13-24H,1-12H3/b33-24+. The maximum atomic E-state index is 6.70.